The molecule has 0 spiro atoms. The van der Waals surface area contributed by atoms with E-state index in [1.165, 1.54) is 13.2 Å². The number of fused-ring (bicyclic) bond motifs is 1. The van der Waals surface area contributed by atoms with Gasteiger partial charge in [-0.25, -0.2) is 5.43 Å². The number of hydrogen-bond donors (Lipinski definition) is 4. The Kier molecular flexibility index (Phi) is 3.16. The third-order valence-electron chi connectivity index (χ3n) is 2.70. The van der Waals surface area contributed by atoms with Gasteiger partial charge in [0.25, 0.3) is 5.91 Å². The number of amides is 2. The zero-order chi connectivity index (χ0) is 14.8. The van der Waals surface area contributed by atoms with Gasteiger partial charge in [0.15, 0.2) is 5.76 Å². The number of carbonyl (C=O) groups is 2. The summed E-state index contributed by atoms with van der Waals surface area (Å²) in [6.07, 6.45) is 1.51. The number of carbonyl (C=O) groups excluding carboxylic acids is 2. The predicted molar refractivity (Wildman–Crippen MR) is 73.0 cm³/mol. The highest BCUT2D eigenvalue weighted by atomic mass is 16.3. The van der Waals surface area contributed by atoms with E-state index in [0.717, 1.165) is 10.6 Å². The number of hydrazone groups is 1. The SMILES string of the molecule is CC(=O)NN1NN=C(NC(=O)c2occ3ccccc23)N1. The van der Waals surface area contributed by atoms with Gasteiger partial charge in [-0.05, 0) is 5.23 Å². The minimum atomic E-state index is -0.450. The Morgan fingerprint density at radius 2 is 2.14 bits per heavy atom. The van der Waals surface area contributed by atoms with Crippen LogP contribution in [0.3, 0.4) is 0 Å². The summed E-state index contributed by atoms with van der Waals surface area (Å²) in [5.74, 6) is -0.425. The molecule has 0 bridgehead atoms. The van der Waals surface area contributed by atoms with Crippen LogP contribution in [0.4, 0.5) is 0 Å². The molecule has 2 heterocycles. The first kappa shape index (κ1) is 12.9. The Balaban J connectivity index is 1.69. The molecule has 3 rings (SSSR count). The second-order valence-electron chi connectivity index (χ2n) is 4.28. The second kappa shape index (κ2) is 5.13. The Bertz CT molecular complexity index is 737. The minimum absolute atomic E-state index is 0.134. The lowest BCUT2D eigenvalue weighted by molar-refractivity contribution is -0.125. The molecule has 1 aromatic carbocycles. The first-order valence-electron chi connectivity index (χ1n) is 6.08. The van der Waals surface area contributed by atoms with E-state index in [0.29, 0.717) is 5.39 Å². The van der Waals surface area contributed by atoms with Crippen molar-refractivity contribution < 1.29 is 14.0 Å². The molecule has 0 fully saturated rings. The summed E-state index contributed by atoms with van der Waals surface area (Å²) in [4.78, 5) is 23.0. The van der Waals surface area contributed by atoms with Crippen molar-refractivity contribution >= 4 is 28.5 Å². The fourth-order valence-electron chi connectivity index (χ4n) is 1.85. The number of hydrogen-bond acceptors (Lipinski definition) is 7. The van der Waals surface area contributed by atoms with Gasteiger partial charge in [0.1, 0.15) is 0 Å². The van der Waals surface area contributed by atoms with Crippen LogP contribution in [0.2, 0.25) is 0 Å². The summed E-state index contributed by atoms with van der Waals surface area (Å²) in [6.45, 7) is 1.34. The van der Waals surface area contributed by atoms with Gasteiger partial charge < -0.3 is 4.42 Å². The lowest BCUT2D eigenvalue weighted by Crippen LogP contribution is -2.55. The first-order valence-corrected chi connectivity index (χ1v) is 6.08. The van der Waals surface area contributed by atoms with E-state index in [2.05, 4.69) is 26.8 Å². The maximum atomic E-state index is 12.1. The monoisotopic (exact) mass is 288 g/mol. The van der Waals surface area contributed by atoms with E-state index in [-0.39, 0.29) is 17.6 Å². The van der Waals surface area contributed by atoms with Crippen molar-refractivity contribution in [2.75, 3.05) is 0 Å². The third kappa shape index (κ3) is 2.62. The first-order chi connectivity index (χ1) is 10.1. The van der Waals surface area contributed by atoms with Crippen LogP contribution >= 0.6 is 0 Å². The van der Waals surface area contributed by atoms with Gasteiger partial charge >= 0.3 is 0 Å². The van der Waals surface area contributed by atoms with Crippen molar-refractivity contribution in [1.82, 2.24) is 26.9 Å². The number of guanidine groups is 1. The molecule has 1 aliphatic rings. The molecule has 0 atom stereocenters. The molecule has 1 aliphatic heterocycles. The molecule has 1 aromatic heterocycles. The average Bonchev–Trinajstić information content (AvgIpc) is 3.04. The van der Waals surface area contributed by atoms with Gasteiger partial charge in [0, 0.05) is 17.7 Å². The fraction of sp³-hybridized carbons (Fsp3) is 0.0833. The second-order valence-corrected chi connectivity index (χ2v) is 4.28. The molecule has 0 radical (unpaired) electrons. The van der Waals surface area contributed by atoms with E-state index in [9.17, 15) is 9.59 Å². The quantitative estimate of drug-likeness (QED) is 0.609. The zero-order valence-corrected chi connectivity index (χ0v) is 11.0. The van der Waals surface area contributed by atoms with Crippen molar-refractivity contribution in [3.05, 3.63) is 36.3 Å². The average molecular weight is 288 g/mol. The highest BCUT2D eigenvalue weighted by Gasteiger charge is 2.20. The molecule has 9 heteroatoms. The van der Waals surface area contributed by atoms with Crippen molar-refractivity contribution in [2.24, 2.45) is 5.10 Å². The van der Waals surface area contributed by atoms with Crippen LogP contribution in [0, 0.1) is 0 Å². The number of rotatable bonds is 2. The molecule has 2 amide bonds. The van der Waals surface area contributed by atoms with E-state index in [1.54, 1.807) is 6.07 Å². The zero-order valence-electron chi connectivity index (χ0n) is 11.0. The van der Waals surface area contributed by atoms with Crippen LogP contribution in [0.1, 0.15) is 17.5 Å². The lowest BCUT2D eigenvalue weighted by atomic mass is 10.2. The third-order valence-corrected chi connectivity index (χ3v) is 2.70. The molecule has 0 saturated carbocycles. The van der Waals surface area contributed by atoms with Crippen molar-refractivity contribution in [3.8, 4) is 0 Å². The van der Waals surface area contributed by atoms with Gasteiger partial charge in [-0.1, -0.05) is 24.3 Å². The van der Waals surface area contributed by atoms with E-state index in [4.69, 9.17) is 4.42 Å². The summed E-state index contributed by atoms with van der Waals surface area (Å²) in [6, 6.07) is 7.32. The van der Waals surface area contributed by atoms with E-state index in [1.807, 2.05) is 18.2 Å². The highest BCUT2D eigenvalue weighted by molar-refractivity contribution is 6.11. The topological polar surface area (TPSA) is 111 Å². The summed E-state index contributed by atoms with van der Waals surface area (Å²) >= 11 is 0. The highest BCUT2D eigenvalue weighted by Crippen LogP contribution is 2.20. The molecule has 4 N–H and O–H groups in total. The van der Waals surface area contributed by atoms with E-state index >= 15 is 0 Å². The standard InChI is InChI=1S/C12H12N6O3/c1-7(19)15-18-16-12(14-17-18)13-11(20)10-9-5-3-2-4-8(9)6-21-10/h2-6,17H,1H3,(H,15,19)(H2,13,14,16,20). The van der Waals surface area contributed by atoms with Crippen LogP contribution in [0.25, 0.3) is 10.8 Å². The van der Waals surface area contributed by atoms with Crippen molar-refractivity contribution in [2.45, 2.75) is 6.92 Å². The molecule has 2 aromatic rings. The van der Waals surface area contributed by atoms with Crippen molar-refractivity contribution in [3.63, 3.8) is 0 Å². The number of hydrazine groups is 3. The molecule has 0 aliphatic carbocycles. The van der Waals surface area contributed by atoms with Crippen molar-refractivity contribution in [1.29, 1.82) is 0 Å². The maximum Gasteiger partial charge on any atom is 0.294 e. The van der Waals surface area contributed by atoms with Gasteiger partial charge in [-0.15, -0.1) is 5.10 Å². The van der Waals surface area contributed by atoms with Crippen LogP contribution in [-0.2, 0) is 4.79 Å². The summed E-state index contributed by atoms with van der Waals surface area (Å²) in [5.41, 5.74) is 7.48. The number of benzene rings is 1. The molecule has 21 heavy (non-hydrogen) atoms. The molecular weight excluding hydrogens is 276 g/mol. The largest absolute Gasteiger partial charge is 0.458 e. The smallest absolute Gasteiger partial charge is 0.294 e. The molecule has 9 nitrogen and oxygen atoms in total. The predicted octanol–water partition coefficient (Wildman–Crippen LogP) is -0.191. The Hall–Kier alpha value is -3.07. The molecule has 0 unspecified atom stereocenters. The molecule has 108 valence electrons. The van der Waals surface area contributed by atoms with Crippen LogP contribution in [0.5, 0.6) is 0 Å². The Morgan fingerprint density at radius 3 is 2.95 bits per heavy atom. The molecular formula is C12H12N6O3. The lowest BCUT2D eigenvalue weighted by Gasteiger charge is -2.14. The van der Waals surface area contributed by atoms with Gasteiger partial charge in [0.05, 0.1) is 6.26 Å². The van der Waals surface area contributed by atoms with Crippen LogP contribution in [-0.4, -0.2) is 23.0 Å². The minimum Gasteiger partial charge on any atom is -0.458 e. The van der Waals surface area contributed by atoms with Crippen LogP contribution < -0.4 is 21.7 Å². The van der Waals surface area contributed by atoms with Gasteiger partial charge in [0.2, 0.25) is 11.9 Å². The van der Waals surface area contributed by atoms with Gasteiger partial charge in [-0.2, -0.15) is 5.53 Å². The number of furan rings is 1. The van der Waals surface area contributed by atoms with E-state index < -0.39 is 5.91 Å². The normalized spacial score (nSPS) is 14.2. The Morgan fingerprint density at radius 1 is 1.33 bits per heavy atom. The summed E-state index contributed by atoms with van der Waals surface area (Å²) in [5, 5.41) is 8.97. The molecule has 0 saturated heterocycles. The number of nitrogens with zero attached hydrogens (tertiary/aromatic N) is 2. The maximum absolute atomic E-state index is 12.1. The Labute approximate surface area is 118 Å². The number of nitrogens with one attached hydrogen (secondary N) is 4. The summed E-state index contributed by atoms with van der Waals surface area (Å²) < 4.78 is 5.28. The van der Waals surface area contributed by atoms with Gasteiger partial charge in [-0.3, -0.25) is 20.3 Å². The fourth-order valence-corrected chi connectivity index (χ4v) is 1.85. The van der Waals surface area contributed by atoms with Crippen LogP contribution in [0.15, 0.2) is 40.0 Å². The summed E-state index contributed by atoms with van der Waals surface area (Å²) in [7, 11) is 0.